The smallest absolute Gasteiger partial charge is 0.255 e. The first kappa shape index (κ1) is 15.5. The van der Waals surface area contributed by atoms with Crippen molar-refractivity contribution in [1.29, 1.82) is 0 Å². The molecule has 0 aliphatic carbocycles. The summed E-state index contributed by atoms with van der Waals surface area (Å²) in [5.41, 5.74) is 3.11. The summed E-state index contributed by atoms with van der Waals surface area (Å²) < 4.78 is 13.7. The van der Waals surface area contributed by atoms with Gasteiger partial charge in [0, 0.05) is 18.7 Å². The number of piperidine rings is 1. The third-order valence-electron chi connectivity index (χ3n) is 4.22. The van der Waals surface area contributed by atoms with Gasteiger partial charge >= 0.3 is 0 Å². The van der Waals surface area contributed by atoms with Crippen molar-refractivity contribution >= 4 is 17.3 Å². The second kappa shape index (κ2) is 6.82. The molecular formula is C19H21FN2O. The number of hydrogen-bond donors (Lipinski definition) is 1. The lowest BCUT2D eigenvalue weighted by Crippen LogP contribution is -2.30. The Morgan fingerprint density at radius 2 is 1.74 bits per heavy atom. The van der Waals surface area contributed by atoms with Gasteiger partial charge in [0.25, 0.3) is 5.91 Å². The zero-order chi connectivity index (χ0) is 16.2. The average molecular weight is 312 g/mol. The van der Waals surface area contributed by atoms with Crippen molar-refractivity contribution in [3.05, 3.63) is 59.4 Å². The van der Waals surface area contributed by atoms with Gasteiger partial charge in [0.1, 0.15) is 5.82 Å². The maximum Gasteiger partial charge on any atom is 0.255 e. The summed E-state index contributed by atoms with van der Waals surface area (Å²) in [4.78, 5) is 14.6. The Kier molecular flexibility index (Phi) is 4.60. The zero-order valence-electron chi connectivity index (χ0n) is 13.3. The third kappa shape index (κ3) is 3.70. The number of rotatable bonds is 3. The number of benzene rings is 2. The van der Waals surface area contributed by atoms with Gasteiger partial charge in [-0.15, -0.1) is 0 Å². The van der Waals surface area contributed by atoms with E-state index in [0.29, 0.717) is 11.3 Å². The fourth-order valence-corrected chi connectivity index (χ4v) is 2.92. The molecule has 120 valence electrons. The van der Waals surface area contributed by atoms with Crippen LogP contribution in [0.3, 0.4) is 0 Å². The number of nitrogens with one attached hydrogen (secondary N) is 1. The average Bonchev–Trinajstić information content (AvgIpc) is 2.56. The van der Waals surface area contributed by atoms with Crippen LogP contribution in [0.1, 0.15) is 35.2 Å². The number of amides is 1. The molecular weight excluding hydrogens is 291 g/mol. The van der Waals surface area contributed by atoms with Gasteiger partial charge in [0.2, 0.25) is 0 Å². The van der Waals surface area contributed by atoms with Crippen LogP contribution in [0.15, 0.2) is 42.5 Å². The van der Waals surface area contributed by atoms with Gasteiger partial charge in [0.05, 0.1) is 11.4 Å². The lowest BCUT2D eigenvalue weighted by Gasteiger charge is -2.30. The number of nitrogens with zero attached hydrogens (tertiary/aromatic N) is 1. The molecule has 1 N–H and O–H groups in total. The fraction of sp³-hybridized carbons (Fsp3) is 0.316. The molecule has 0 aromatic heterocycles. The van der Waals surface area contributed by atoms with E-state index in [0.717, 1.165) is 37.2 Å². The van der Waals surface area contributed by atoms with Gasteiger partial charge in [-0.1, -0.05) is 17.7 Å². The summed E-state index contributed by atoms with van der Waals surface area (Å²) in [5.74, 6) is -0.557. The van der Waals surface area contributed by atoms with Crippen LogP contribution in [-0.4, -0.2) is 19.0 Å². The molecule has 4 heteroatoms. The molecule has 0 atom stereocenters. The minimum Gasteiger partial charge on any atom is -0.370 e. The Morgan fingerprint density at radius 1 is 1.04 bits per heavy atom. The standard InChI is InChI=1S/C19H21FN2O/c1-14-5-7-15(8-6-14)19(23)21-17-13-16(20)9-10-18(17)22-11-3-2-4-12-22/h5-10,13H,2-4,11-12H2,1H3,(H,21,23). The van der Waals surface area contributed by atoms with Gasteiger partial charge in [-0.2, -0.15) is 0 Å². The molecule has 3 nitrogen and oxygen atoms in total. The highest BCUT2D eigenvalue weighted by Gasteiger charge is 2.17. The summed E-state index contributed by atoms with van der Waals surface area (Å²) in [7, 11) is 0. The Labute approximate surface area is 136 Å². The van der Waals surface area contributed by atoms with Gasteiger partial charge in [-0.3, -0.25) is 4.79 Å². The van der Waals surface area contributed by atoms with Crippen LogP contribution in [0.25, 0.3) is 0 Å². The summed E-state index contributed by atoms with van der Waals surface area (Å²) in [5, 5.41) is 2.86. The van der Waals surface area contributed by atoms with Gasteiger partial charge < -0.3 is 10.2 Å². The molecule has 0 radical (unpaired) electrons. The van der Waals surface area contributed by atoms with Crippen LogP contribution in [0.4, 0.5) is 15.8 Å². The number of aryl methyl sites for hydroxylation is 1. The Morgan fingerprint density at radius 3 is 2.43 bits per heavy atom. The van der Waals surface area contributed by atoms with Crippen LogP contribution in [-0.2, 0) is 0 Å². The van der Waals surface area contributed by atoms with Crippen LogP contribution < -0.4 is 10.2 Å². The topological polar surface area (TPSA) is 32.3 Å². The van der Waals surface area contributed by atoms with E-state index in [4.69, 9.17) is 0 Å². The Bertz CT molecular complexity index is 691. The molecule has 2 aromatic carbocycles. The predicted molar refractivity (Wildman–Crippen MR) is 91.6 cm³/mol. The van der Waals surface area contributed by atoms with E-state index in [2.05, 4.69) is 10.2 Å². The van der Waals surface area contributed by atoms with E-state index in [1.165, 1.54) is 18.6 Å². The molecule has 0 spiro atoms. The highest BCUT2D eigenvalue weighted by atomic mass is 19.1. The van der Waals surface area contributed by atoms with Crippen LogP contribution in [0, 0.1) is 12.7 Å². The van der Waals surface area contributed by atoms with E-state index in [9.17, 15) is 9.18 Å². The minimum atomic E-state index is -0.343. The quantitative estimate of drug-likeness (QED) is 0.912. The molecule has 1 amide bonds. The number of carbonyl (C=O) groups excluding carboxylic acids is 1. The monoisotopic (exact) mass is 312 g/mol. The van der Waals surface area contributed by atoms with E-state index >= 15 is 0 Å². The highest BCUT2D eigenvalue weighted by molar-refractivity contribution is 6.06. The highest BCUT2D eigenvalue weighted by Crippen LogP contribution is 2.29. The van der Waals surface area contributed by atoms with E-state index < -0.39 is 0 Å². The Balaban J connectivity index is 1.84. The number of halogens is 1. The largest absolute Gasteiger partial charge is 0.370 e. The minimum absolute atomic E-state index is 0.214. The van der Waals surface area contributed by atoms with Crippen molar-refractivity contribution in [3.8, 4) is 0 Å². The second-order valence-electron chi connectivity index (χ2n) is 6.03. The van der Waals surface area contributed by atoms with Crippen molar-refractivity contribution in [2.24, 2.45) is 0 Å². The maximum atomic E-state index is 13.7. The summed E-state index contributed by atoms with van der Waals surface area (Å²) in [6, 6.07) is 12.0. The molecule has 23 heavy (non-hydrogen) atoms. The second-order valence-corrected chi connectivity index (χ2v) is 6.03. The molecule has 1 fully saturated rings. The van der Waals surface area contributed by atoms with E-state index in [1.54, 1.807) is 18.2 Å². The first-order chi connectivity index (χ1) is 11.1. The van der Waals surface area contributed by atoms with E-state index in [1.807, 2.05) is 19.1 Å². The van der Waals surface area contributed by atoms with Crippen molar-refractivity contribution in [2.45, 2.75) is 26.2 Å². The van der Waals surface area contributed by atoms with Crippen LogP contribution in [0.5, 0.6) is 0 Å². The SMILES string of the molecule is Cc1ccc(C(=O)Nc2cc(F)ccc2N2CCCCC2)cc1. The predicted octanol–water partition coefficient (Wildman–Crippen LogP) is 4.38. The molecule has 0 unspecified atom stereocenters. The summed E-state index contributed by atoms with van der Waals surface area (Å²) in [6.07, 6.45) is 3.48. The van der Waals surface area contributed by atoms with Gasteiger partial charge in [-0.05, 0) is 56.5 Å². The molecule has 3 rings (SSSR count). The number of carbonyl (C=O) groups is 1. The van der Waals surface area contributed by atoms with Crippen molar-refractivity contribution in [3.63, 3.8) is 0 Å². The van der Waals surface area contributed by atoms with Crippen molar-refractivity contribution < 1.29 is 9.18 Å². The number of hydrogen-bond acceptors (Lipinski definition) is 2. The molecule has 1 saturated heterocycles. The van der Waals surface area contributed by atoms with Gasteiger partial charge in [-0.25, -0.2) is 4.39 Å². The maximum absolute atomic E-state index is 13.7. The Hall–Kier alpha value is -2.36. The molecule has 1 aliphatic heterocycles. The van der Waals surface area contributed by atoms with E-state index in [-0.39, 0.29) is 11.7 Å². The molecule has 1 aliphatic rings. The van der Waals surface area contributed by atoms with Crippen molar-refractivity contribution in [2.75, 3.05) is 23.3 Å². The lowest BCUT2D eigenvalue weighted by atomic mass is 10.1. The van der Waals surface area contributed by atoms with Gasteiger partial charge in [0.15, 0.2) is 0 Å². The first-order valence-corrected chi connectivity index (χ1v) is 8.06. The summed E-state index contributed by atoms with van der Waals surface area (Å²) >= 11 is 0. The normalized spacial score (nSPS) is 14.6. The molecule has 1 heterocycles. The third-order valence-corrected chi connectivity index (χ3v) is 4.22. The molecule has 0 saturated carbocycles. The van der Waals surface area contributed by atoms with Crippen LogP contribution >= 0.6 is 0 Å². The fourth-order valence-electron chi connectivity index (χ4n) is 2.92. The first-order valence-electron chi connectivity index (χ1n) is 8.06. The molecule has 0 bridgehead atoms. The van der Waals surface area contributed by atoms with Crippen molar-refractivity contribution in [1.82, 2.24) is 0 Å². The summed E-state index contributed by atoms with van der Waals surface area (Å²) in [6.45, 7) is 3.86. The lowest BCUT2D eigenvalue weighted by molar-refractivity contribution is 0.102. The number of anilines is 2. The zero-order valence-corrected chi connectivity index (χ0v) is 13.3. The molecule has 2 aromatic rings. The van der Waals surface area contributed by atoms with Crippen LogP contribution in [0.2, 0.25) is 0 Å².